The fraction of sp³-hybridized carbons (Fsp3) is 0.583. The van der Waals surface area contributed by atoms with Crippen molar-refractivity contribution in [1.29, 1.82) is 0 Å². The van der Waals surface area contributed by atoms with E-state index in [-0.39, 0.29) is 0 Å². The molecule has 29 heavy (non-hydrogen) atoms. The molecule has 4 rings (SSSR count). The van der Waals surface area contributed by atoms with Crippen LogP contribution in [-0.2, 0) is 17.8 Å². The van der Waals surface area contributed by atoms with Crippen molar-refractivity contribution in [3.8, 4) is 5.75 Å². The molecule has 1 aliphatic heterocycles. The quantitative estimate of drug-likeness (QED) is 0.650. The van der Waals surface area contributed by atoms with E-state index in [1.54, 1.807) is 0 Å². The van der Waals surface area contributed by atoms with Crippen LogP contribution in [-0.4, -0.2) is 44.4 Å². The largest absolute Gasteiger partial charge is 0.492 e. The molecule has 1 aliphatic carbocycles. The highest BCUT2D eigenvalue weighted by Gasteiger charge is 2.36. The van der Waals surface area contributed by atoms with Gasteiger partial charge >= 0.3 is 0 Å². The lowest BCUT2D eigenvalue weighted by Gasteiger charge is -2.31. The number of likely N-dealkylation sites (N-methyl/N-ethyl adjacent to an activating group) is 1. The van der Waals surface area contributed by atoms with Crippen LogP contribution in [0.2, 0.25) is 0 Å². The van der Waals surface area contributed by atoms with E-state index in [0.29, 0.717) is 18.6 Å². The minimum Gasteiger partial charge on any atom is -0.492 e. The lowest BCUT2D eigenvalue weighted by atomic mass is 10.1. The second-order valence-corrected chi connectivity index (χ2v) is 8.55. The third-order valence-corrected chi connectivity index (χ3v) is 6.21. The van der Waals surface area contributed by atoms with Crippen LogP contribution in [0.15, 0.2) is 40.8 Å². The van der Waals surface area contributed by atoms with E-state index in [9.17, 15) is 0 Å². The average Bonchev–Trinajstić information content (AvgIpc) is 3.29. The number of benzene rings is 1. The summed E-state index contributed by atoms with van der Waals surface area (Å²) in [6.45, 7) is 7.24. The van der Waals surface area contributed by atoms with E-state index in [2.05, 4.69) is 54.5 Å². The van der Waals surface area contributed by atoms with Crippen LogP contribution in [0.25, 0.3) is 0 Å². The lowest BCUT2D eigenvalue weighted by Crippen LogP contribution is -2.38. The van der Waals surface area contributed by atoms with Gasteiger partial charge in [-0.2, -0.15) is 0 Å². The molecule has 2 aliphatic rings. The molecule has 0 spiro atoms. The zero-order chi connectivity index (χ0) is 20.1. The molecule has 1 N–H and O–H groups in total. The van der Waals surface area contributed by atoms with E-state index in [4.69, 9.17) is 13.9 Å². The van der Waals surface area contributed by atoms with Gasteiger partial charge in [0.1, 0.15) is 23.9 Å². The number of furan rings is 1. The van der Waals surface area contributed by atoms with Crippen LogP contribution in [0.1, 0.15) is 49.2 Å². The summed E-state index contributed by atoms with van der Waals surface area (Å²) < 4.78 is 17.4. The Balaban J connectivity index is 1.18. The minimum atomic E-state index is 0.619. The molecule has 1 aromatic heterocycles. The molecule has 0 amide bonds. The predicted molar refractivity (Wildman–Crippen MR) is 114 cm³/mol. The summed E-state index contributed by atoms with van der Waals surface area (Å²) in [6.07, 6.45) is 3.50. The summed E-state index contributed by atoms with van der Waals surface area (Å²) in [6, 6.07) is 13.2. The van der Waals surface area contributed by atoms with Crippen LogP contribution in [0.3, 0.4) is 0 Å². The van der Waals surface area contributed by atoms with Gasteiger partial charge in [-0.15, -0.1) is 0 Å². The zero-order valence-electron chi connectivity index (χ0n) is 17.7. The van der Waals surface area contributed by atoms with Crippen molar-refractivity contribution in [1.82, 2.24) is 10.2 Å². The second-order valence-electron chi connectivity index (χ2n) is 8.55. The topological polar surface area (TPSA) is 46.9 Å². The number of hydrogen-bond donors (Lipinski definition) is 1. The van der Waals surface area contributed by atoms with E-state index in [0.717, 1.165) is 68.9 Å². The molecule has 0 radical (unpaired) electrons. The normalized spacial score (nSPS) is 22.2. The summed E-state index contributed by atoms with van der Waals surface area (Å²) in [7, 11) is 2.18. The first-order valence-electron chi connectivity index (χ1n) is 11.0. The van der Waals surface area contributed by atoms with Gasteiger partial charge in [-0.25, -0.2) is 0 Å². The Morgan fingerprint density at radius 3 is 2.76 bits per heavy atom. The molecule has 158 valence electrons. The van der Waals surface area contributed by atoms with Crippen LogP contribution < -0.4 is 10.1 Å². The van der Waals surface area contributed by atoms with Crippen molar-refractivity contribution in [2.24, 2.45) is 5.92 Å². The Bertz CT molecular complexity index is 769. The standard InChI is InChI=1S/C24H34N2O3/c1-18-14-23(18)24-7-6-22(29-24)17-25-16-19-4-3-5-21(15-19)28-13-10-26(2)20-8-11-27-12-9-20/h3-7,15,18,20,23,25H,8-14,16-17H2,1-2H3. The molecular weight excluding hydrogens is 364 g/mol. The second kappa shape index (κ2) is 9.79. The maximum Gasteiger partial charge on any atom is 0.119 e. The Hall–Kier alpha value is -1.82. The predicted octanol–water partition coefficient (Wildman–Crippen LogP) is 4.18. The van der Waals surface area contributed by atoms with Gasteiger partial charge in [0.2, 0.25) is 0 Å². The van der Waals surface area contributed by atoms with Gasteiger partial charge in [0.25, 0.3) is 0 Å². The SMILES string of the molecule is CC1CC1c1ccc(CNCc2cccc(OCCN(C)C3CCOCC3)c2)o1. The van der Waals surface area contributed by atoms with Gasteiger partial charge in [0, 0.05) is 38.3 Å². The first kappa shape index (κ1) is 20.5. The molecule has 2 heterocycles. The fourth-order valence-electron chi connectivity index (χ4n) is 4.10. The van der Waals surface area contributed by atoms with Gasteiger partial charge < -0.3 is 19.2 Å². The smallest absolute Gasteiger partial charge is 0.119 e. The van der Waals surface area contributed by atoms with E-state index < -0.39 is 0 Å². The zero-order valence-corrected chi connectivity index (χ0v) is 17.7. The average molecular weight is 399 g/mol. The molecule has 1 saturated carbocycles. The van der Waals surface area contributed by atoms with Gasteiger partial charge in [-0.05, 0) is 62.1 Å². The first-order chi connectivity index (χ1) is 14.2. The lowest BCUT2D eigenvalue weighted by molar-refractivity contribution is 0.0392. The molecular formula is C24H34N2O3. The van der Waals surface area contributed by atoms with Crippen molar-refractivity contribution in [2.45, 2.75) is 51.2 Å². The maximum atomic E-state index is 6.00. The van der Waals surface area contributed by atoms with Crippen LogP contribution in [0.5, 0.6) is 5.75 Å². The highest BCUT2D eigenvalue weighted by molar-refractivity contribution is 5.28. The summed E-state index contributed by atoms with van der Waals surface area (Å²) >= 11 is 0. The maximum absolute atomic E-state index is 6.00. The monoisotopic (exact) mass is 398 g/mol. The molecule has 2 fully saturated rings. The molecule has 0 bridgehead atoms. The van der Waals surface area contributed by atoms with Gasteiger partial charge in [-0.3, -0.25) is 4.90 Å². The molecule has 2 aromatic rings. The van der Waals surface area contributed by atoms with Crippen molar-refractivity contribution in [3.63, 3.8) is 0 Å². The first-order valence-corrected chi connectivity index (χ1v) is 11.0. The third kappa shape index (κ3) is 5.84. The highest BCUT2D eigenvalue weighted by atomic mass is 16.5. The summed E-state index contributed by atoms with van der Waals surface area (Å²) in [5.74, 6) is 4.52. The summed E-state index contributed by atoms with van der Waals surface area (Å²) in [4.78, 5) is 2.40. The third-order valence-electron chi connectivity index (χ3n) is 6.21. The van der Waals surface area contributed by atoms with E-state index in [1.807, 2.05) is 6.07 Å². The van der Waals surface area contributed by atoms with Gasteiger partial charge in [0.05, 0.1) is 6.54 Å². The van der Waals surface area contributed by atoms with Crippen molar-refractivity contribution in [2.75, 3.05) is 33.4 Å². The van der Waals surface area contributed by atoms with Gasteiger partial charge in [0.15, 0.2) is 0 Å². The molecule has 5 nitrogen and oxygen atoms in total. The summed E-state index contributed by atoms with van der Waals surface area (Å²) in [5, 5.41) is 3.48. The molecule has 5 heteroatoms. The molecule has 2 atom stereocenters. The summed E-state index contributed by atoms with van der Waals surface area (Å²) in [5.41, 5.74) is 1.22. The van der Waals surface area contributed by atoms with Crippen LogP contribution >= 0.6 is 0 Å². The van der Waals surface area contributed by atoms with Crippen LogP contribution in [0, 0.1) is 5.92 Å². The Morgan fingerprint density at radius 2 is 1.97 bits per heavy atom. The number of nitrogens with one attached hydrogen (secondary N) is 1. The highest BCUT2D eigenvalue weighted by Crippen LogP contribution is 2.47. The number of ether oxygens (including phenoxy) is 2. The van der Waals surface area contributed by atoms with Crippen LogP contribution in [0.4, 0.5) is 0 Å². The van der Waals surface area contributed by atoms with E-state index in [1.165, 1.54) is 12.0 Å². The number of hydrogen-bond acceptors (Lipinski definition) is 5. The Kier molecular flexibility index (Phi) is 6.90. The number of nitrogens with zero attached hydrogens (tertiary/aromatic N) is 1. The minimum absolute atomic E-state index is 0.619. The Morgan fingerprint density at radius 1 is 1.14 bits per heavy atom. The van der Waals surface area contributed by atoms with Crippen molar-refractivity contribution >= 4 is 0 Å². The van der Waals surface area contributed by atoms with Crippen molar-refractivity contribution < 1.29 is 13.9 Å². The molecule has 1 aromatic carbocycles. The number of rotatable bonds is 10. The van der Waals surface area contributed by atoms with Gasteiger partial charge in [-0.1, -0.05) is 19.1 Å². The van der Waals surface area contributed by atoms with E-state index >= 15 is 0 Å². The Labute approximate surface area is 174 Å². The fourth-order valence-corrected chi connectivity index (χ4v) is 4.10. The molecule has 1 saturated heterocycles. The molecule has 2 unspecified atom stereocenters. The van der Waals surface area contributed by atoms with Crippen molar-refractivity contribution in [3.05, 3.63) is 53.5 Å².